The number of allylic oxidation sites excluding steroid dienone is 2. The Morgan fingerprint density at radius 2 is 2.06 bits per heavy atom. The summed E-state index contributed by atoms with van der Waals surface area (Å²) in [5.74, 6) is -0.251. The first-order valence-electron chi connectivity index (χ1n) is 6.56. The molecule has 2 nitrogen and oxygen atoms in total. The van der Waals surface area contributed by atoms with Crippen molar-refractivity contribution in [2.45, 2.75) is 52.4 Å². The van der Waals surface area contributed by atoms with E-state index in [-0.39, 0.29) is 11.3 Å². The number of hydrogen-bond acceptors (Lipinski definition) is 1. The molecule has 0 aliphatic heterocycles. The molecule has 2 rings (SSSR count). The van der Waals surface area contributed by atoms with Gasteiger partial charge in [-0.2, -0.15) is 0 Å². The molecule has 1 unspecified atom stereocenters. The van der Waals surface area contributed by atoms with Gasteiger partial charge in [0.15, 0.2) is 0 Å². The van der Waals surface area contributed by atoms with Crippen LogP contribution in [0.15, 0.2) is 23.8 Å². The molecule has 1 amide bonds. The highest BCUT2D eigenvalue weighted by atomic mass is 16.1. The van der Waals surface area contributed by atoms with Gasteiger partial charge in [0.1, 0.15) is 0 Å². The molecule has 0 radical (unpaired) electrons. The average Bonchev–Trinajstić information content (AvgIpc) is 2.26. The first kappa shape index (κ1) is 12.4. The highest BCUT2D eigenvalue weighted by Gasteiger charge is 2.48. The van der Waals surface area contributed by atoms with Gasteiger partial charge >= 0.3 is 0 Å². The maximum Gasteiger partial charge on any atom is 0.244 e. The Hall–Kier alpha value is -1.05. The molecule has 2 aliphatic carbocycles. The molecule has 2 aliphatic rings. The Balaban J connectivity index is 2.31. The molecule has 0 heterocycles. The molecule has 1 atom stereocenters. The van der Waals surface area contributed by atoms with Crippen LogP contribution in [0.2, 0.25) is 0 Å². The number of hydrogen-bond donors (Lipinski definition) is 1. The Kier molecular flexibility index (Phi) is 2.92. The van der Waals surface area contributed by atoms with Crippen molar-refractivity contribution >= 4 is 5.91 Å². The van der Waals surface area contributed by atoms with Crippen molar-refractivity contribution in [1.29, 1.82) is 0 Å². The lowest BCUT2D eigenvalue weighted by Gasteiger charge is -2.53. The lowest BCUT2D eigenvalue weighted by Crippen LogP contribution is -2.43. The Bertz CT molecular complexity index is 392. The van der Waals surface area contributed by atoms with Crippen LogP contribution < -0.4 is 5.73 Å². The predicted molar refractivity (Wildman–Crippen MR) is 70.3 cm³/mol. The Morgan fingerprint density at radius 1 is 1.35 bits per heavy atom. The molecule has 0 bridgehead atoms. The molecular formula is C15H23NO. The van der Waals surface area contributed by atoms with Crippen LogP contribution in [0.3, 0.4) is 0 Å². The lowest BCUT2D eigenvalue weighted by molar-refractivity contribution is -0.115. The summed E-state index contributed by atoms with van der Waals surface area (Å²) in [4.78, 5) is 11.2. The number of nitrogens with two attached hydrogens (primary N) is 1. The average molecular weight is 233 g/mol. The highest BCUT2D eigenvalue weighted by Crippen LogP contribution is 2.59. The molecule has 0 aromatic heterocycles. The fourth-order valence-corrected chi connectivity index (χ4v) is 3.71. The monoisotopic (exact) mass is 233 g/mol. The van der Waals surface area contributed by atoms with Crippen LogP contribution in [0.1, 0.15) is 52.4 Å². The number of amides is 1. The zero-order chi connectivity index (χ0) is 12.7. The van der Waals surface area contributed by atoms with Crippen LogP contribution in [0, 0.1) is 10.8 Å². The summed E-state index contributed by atoms with van der Waals surface area (Å²) in [6.45, 7) is 9.01. The van der Waals surface area contributed by atoms with E-state index < -0.39 is 0 Å². The zero-order valence-corrected chi connectivity index (χ0v) is 11.0. The second-order valence-corrected chi connectivity index (χ2v) is 6.22. The van der Waals surface area contributed by atoms with Gasteiger partial charge in [0.25, 0.3) is 0 Å². The molecule has 1 fully saturated rings. The third kappa shape index (κ3) is 1.84. The lowest BCUT2D eigenvalue weighted by atomic mass is 9.51. The van der Waals surface area contributed by atoms with Crippen molar-refractivity contribution in [2.75, 3.05) is 0 Å². The molecule has 0 saturated heterocycles. The van der Waals surface area contributed by atoms with Gasteiger partial charge in [0.2, 0.25) is 5.91 Å². The maximum absolute atomic E-state index is 11.2. The molecule has 2 N–H and O–H groups in total. The van der Waals surface area contributed by atoms with E-state index in [2.05, 4.69) is 26.5 Å². The summed E-state index contributed by atoms with van der Waals surface area (Å²) in [5, 5.41) is 0. The summed E-state index contributed by atoms with van der Waals surface area (Å²) in [5.41, 5.74) is 8.04. The van der Waals surface area contributed by atoms with Gasteiger partial charge in [-0.1, -0.05) is 32.1 Å². The van der Waals surface area contributed by atoms with Crippen molar-refractivity contribution in [3.05, 3.63) is 23.8 Å². The predicted octanol–water partition coefficient (Wildman–Crippen LogP) is 3.33. The molecule has 17 heavy (non-hydrogen) atoms. The summed E-state index contributed by atoms with van der Waals surface area (Å²) < 4.78 is 0. The second kappa shape index (κ2) is 4.01. The zero-order valence-electron chi connectivity index (χ0n) is 11.0. The minimum atomic E-state index is -0.251. The van der Waals surface area contributed by atoms with Gasteiger partial charge in [-0.3, -0.25) is 4.79 Å². The minimum absolute atomic E-state index is 0.199. The van der Waals surface area contributed by atoms with E-state index in [1.54, 1.807) is 0 Å². The van der Waals surface area contributed by atoms with Crippen LogP contribution in [-0.4, -0.2) is 5.91 Å². The number of rotatable bonds is 1. The number of primary amides is 1. The van der Waals surface area contributed by atoms with E-state index in [0.29, 0.717) is 5.41 Å². The minimum Gasteiger partial charge on any atom is -0.366 e. The van der Waals surface area contributed by atoms with E-state index in [0.717, 1.165) is 31.3 Å². The molecule has 2 heteroatoms. The molecule has 0 aromatic rings. The number of carbonyl (C=O) groups excluding carboxylic acids is 1. The Labute approximate surface area is 104 Å². The van der Waals surface area contributed by atoms with Gasteiger partial charge in [0, 0.05) is 5.57 Å². The fourth-order valence-electron chi connectivity index (χ4n) is 3.71. The smallest absolute Gasteiger partial charge is 0.244 e. The third-order valence-electron chi connectivity index (χ3n) is 5.09. The molecule has 94 valence electrons. The van der Waals surface area contributed by atoms with Gasteiger partial charge in [0.05, 0.1) is 0 Å². The van der Waals surface area contributed by atoms with Crippen LogP contribution in [0.5, 0.6) is 0 Å². The second-order valence-electron chi connectivity index (χ2n) is 6.22. The summed E-state index contributed by atoms with van der Waals surface area (Å²) >= 11 is 0. The van der Waals surface area contributed by atoms with Crippen molar-refractivity contribution in [3.63, 3.8) is 0 Å². The summed E-state index contributed by atoms with van der Waals surface area (Å²) in [6, 6.07) is 0. The topological polar surface area (TPSA) is 43.1 Å². The van der Waals surface area contributed by atoms with Crippen LogP contribution in [-0.2, 0) is 4.79 Å². The van der Waals surface area contributed by atoms with Crippen molar-refractivity contribution in [3.8, 4) is 0 Å². The first-order chi connectivity index (χ1) is 7.89. The normalized spacial score (nSPS) is 32.4. The molecular weight excluding hydrogens is 210 g/mol. The quantitative estimate of drug-likeness (QED) is 0.693. The van der Waals surface area contributed by atoms with Crippen LogP contribution in [0.4, 0.5) is 0 Å². The van der Waals surface area contributed by atoms with E-state index in [4.69, 9.17) is 5.73 Å². The van der Waals surface area contributed by atoms with Gasteiger partial charge in [-0.25, -0.2) is 0 Å². The number of carbonyl (C=O) groups is 1. The first-order valence-corrected chi connectivity index (χ1v) is 6.56. The maximum atomic E-state index is 11.2. The molecule has 1 spiro atoms. The highest BCUT2D eigenvalue weighted by molar-refractivity contribution is 5.92. The van der Waals surface area contributed by atoms with E-state index in [9.17, 15) is 4.79 Å². The third-order valence-corrected chi connectivity index (χ3v) is 5.09. The van der Waals surface area contributed by atoms with E-state index in [1.807, 2.05) is 0 Å². The van der Waals surface area contributed by atoms with Crippen molar-refractivity contribution in [2.24, 2.45) is 16.6 Å². The SMILES string of the molecule is C=C1CCCC(C)(C)C12CC=C(C(N)=O)CC2. The van der Waals surface area contributed by atoms with Crippen LogP contribution >= 0.6 is 0 Å². The standard InChI is InChI=1S/C15H23NO/c1-11-5-4-8-14(2,3)15(11)9-6-12(7-10-15)13(16)17/h6H,1,4-5,7-10H2,2-3H3,(H2,16,17). The van der Waals surface area contributed by atoms with E-state index >= 15 is 0 Å². The summed E-state index contributed by atoms with van der Waals surface area (Å²) in [6.07, 6.45) is 8.50. The van der Waals surface area contributed by atoms with Gasteiger partial charge in [-0.05, 0) is 49.4 Å². The van der Waals surface area contributed by atoms with Crippen LogP contribution in [0.25, 0.3) is 0 Å². The summed E-state index contributed by atoms with van der Waals surface area (Å²) in [7, 11) is 0. The molecule has 0 aromatic carbocycles. The van der Waals surface area contributed by atoms with E-state index in [1.165, 1.54) is 18.4 Å². The van der Waals surface area contributed by atoms with Crippen molar-refractivity contribution in [1.82, 2.24) is 0 Å². The largest absolute Gasteiger partial charge is 0.366 e. The fraction of sp³-hybridized carbons (Fsp3) is 0.667. The van der Waals surface area contributed by atoms with Crippen molar-refractivity contribution < 1.29 is 4.79 Å². The molecule has 1 saturated carbocycles. The van der Waals surface area contributed by atoms with Gasteiger partial charge < -0.3 is 5.73 Å². The Morgan fingerprint density at radius 3 is 2.53 bits per heavy atom. The van der Waals surface area contributed by atoms with Gasteiger partial charge in [-0.15, -0.1) is 0 Å².